The van der Waals surface area contributed by atoms with Crippen LogP contribution in [0.3, 0.4) is 0 Å². The molecule has 0 unspecified atom stereocenters. The number of benzene rings is 1. The number of Topliss-reactive ketones (excluding diaryl/α,β-unsaturated/α-hetero) is 1. The lowest BCUT2D eigenvalue weighted by atomic mass is 10.1. The van der Waals surface area contributed by atoms with E-state index in [0.717, 1.165) is 19.1 Å². The Morgan fingerprint density at radius 3 is 2.15 bits per heavy atom. The van der Waals surface area contributed by atoms with Crippen LogP contribution in [0.1, 0.15) is 17.3 Å². The van der Waals surface area contributed by atoms with E-state index in [2.05, 4.69) is 5.32 Å². The minimum absolute atomic E-state index is 0.420. The maximum absolute atomic E-state index is 13.8. The van der Waals surface area contributed by atoms with Crippen LogP contribution in [-0.2, 0) is 9.59 Å². The van der Waals surface area contributed by atoms with Crippen molar-refractivity contribution in [1.29, 1.82) is 0 Å². The maximum atomic E-state index is 13.8. The molecule has 0 heterocycles. The molecule has 0 bridgehead atoms. The van der Waals surface area contributed by atoms with Crippen molar-refractivity contribution >= 4 is 23.4 Å². The number of carbonyl (C=O) groups excluding carboxylic acids is 1. The van der Waals surface area contributed by atoms with Gasteiger partial charge in [-0.3, -0.25) is 4.79 Å². The van der Waals surface area contributed by atoms with Crippen LogP contribution >= 0.6 is 0 Å². The van der Waals surface area contributed by atoms with Crippen molar-refractivity contribution in [3.8, 4) is 0 Å². The Morgan fingerprint density at radius 1 is 1.15 bits per heavy atom. The van der Waals surface area contributed by atoms with Crippen molar-refractivity contribution in [2.45, 2.75) is 6.92 Å². The fourth-order valence-electron chi connectivity index (χ4n) is 1.35. The average molecular weight is 285 g/mol. The molecule has 0 saturated carbocycles. The molecule has 0 aromatic heterocycles. The van der Waals surface area contributed by atoms with Crippen LogP contribution in [0.25, 0.3) is 0 Å². The van der Waals surface area contributed by atoms with Gasteiger partial charge in [0.1, 0.15) is 5.82 Å². The molecular weight excluding hydrogens is 276 g/mol. The summed E-state index contributed by atoms with van der Waals surface area (Å²) in [4.78, 5) is 32.2. The summed E-state index contributed by atoms with van der Waals surface area (Å²) in [5.74, 6) is -6.63. The van der Waals surface area contributed by atoms with Crippen LogP contribution in [0.5, 0.6) is 0 Å². The summed E-state index contributed by atoms with van der Waals surface area (Å²) in [6, 6.07) is 1.71. The predicted molar refractivity (Wildman–Crippen MR) is 63.3 cm³/mol. The van der Waals surface area contributed by atoms with Crippen LogP contribution < -0.4 is 5.32 Å². The van der Waals surface area contributed by atoms with Gasteiger partial charge in [-0.05, 0) is 19.1 Å². The molecule has 3 N–H and O–H groups in total. The number of rotatable bonds is 5. The van der Waals surface area contributed by atoms with Crippen LogP contribution in [-0.4, -0.2) is 27.9 Å². The molecule has 0 amide bonds. The highest BCUT2D eigenvalue weighted by atomic mass is 19.1. The highest BCUT2D eigenvalue weighted by Gasteiger charge is 2.19. The second kappa shape index (κ2) is 5.91. The number of anilines is 1. The van der Waals surface area contributed by atoms with E-state index in [4.69, 9.17) is 10.2 Å². The van der Waals surface area contributed by atoms with Crippen LogP contribution in [0.2, 0.25) is 0 Å². The maximum Gasteiger partial charge on any atom is 0.344 e. The number of halogens is 2. The number of carboxylic acids is 2. The van der Waals surface area contributed by atoms with Crippen molar-refractivity contribution in [2.24, 2.45) is 0 Å². The molecule has 0 saturated heterocycles. The molecule has 0 aliphatic rings. The number of ketones is 1. The number of nitrogens with one attached hydrogen (secondary N) is 1. The number of carbonyl (C=O) groups is 3. The zero-order chi connectivity index (χ0) is 15.4. The zero-order valence-corrected chi connectivity index (χ0v) is 10.1. The van der Waals surface area contributed by atoms with E-state index >= 15 is 0 Å². The fourth-order valence-corrected chi connectivity index (χ4v) is 1.35. The third-order valence-electron chi connectivity index (χ3n) is 2.28. The molecule has 1 aromatic rings. The summed E-state index contributed by atoms with van der Waals surface area (Å²) in [7, 11) is 0. The van der Waals surface area contributed by atoms with E-state index in [9.17, 15) is 23.2 Å². The molecule has 20 heavy (non-hydrogen) atoms. The summed E-state index contributed by atoms with van der Waals surface area (Å²) in [6.07, 6.45) is 0.533. The Kier molecular flexibility index (Phi) is 4.52. The van der Waals surface area contributed by atoms with Crippen molar-refractivity contribution in [3.05, 3.63) is 41.1 Å². The number of hydrogen-bond donors (Lipinski definition) is 3. The second-order valence-electron chi connectivity index (χ2n) is 3.65. The first kappa shape index (κ1) is 15.3. The Bertz CT molecular complexity index is 609. The van der Waals surface area contributed by atoms with Crippen molar-refractivity contribution in [1.82, 2.24) is 0 Å². The monoisotopic (exact) mass is 285 g/mol. The summed E-state index contributed by atoms with van der Waals surface area (Å²) in [6.45, 7) is 0.959. The lowest BCUT2D eigenvalue weighted by Crippen LogP contribution is -2.13. The first-order valence-corrected chi connectivity index (χ1v) is 5.18. The topological polar surface area (TPSA) is 104 Å². The zero-order valence-electron chi connectivity index (χ0n) is 10.1. The summed E-state index contributed by atoms with van der Waals surface area (Å²) >= 11 is 0. The lowest BCUT2D eigenvalue weighted by molar-refractivity contribution is -0.140. The van der Waals surface area contributed by atoms with Gasteiger partial charge in [-0.25, -0.2) is 18.4 Å². The van der Waals surface area contributed by atoms with Gasteiger partial charge in [-0.15, -0.1) is 0 Å². The standard InChI is InChI=1S/C12H9F2NO5/c1-5(16)9-7(13)2-3-8(10(9)14)15-4-6(11(17)18)12(19)20/h2-4,15H,1H3,(H,17,18)(H,19,20). The Hall–Kier alpha value is -2.77. The van der Waals surface area contributed by atoms with Gasteiger partial charge in [0.2, 0.25) is 0 Å². The molecule has 0 aliphatic carbocycles. The third-order valence-corrected chi connectivity index (χ3v) is 2.28. The Balaban J connectivity index is 3.20. The molecule has 1 aromatic carbocycles. The number of carboxylic acid groups (broad SMARTS) is 2. The first-order valence-electron chi connectivity index (χ1n) is 5.18. The molecule has 106 valence electrons. The summed E-state index contributed by atoms with van der Waals surface area (Å²) in [5, 5.41) is 19.2. The minimum Gasteiger partial charge on any atom is -0.477 e. The van der Waals surface area contributed by atoms with E-state index < -0.39 is 46.2 Å². The van der Waals surface area contributed by atoms with Crippen molar-refractivity contribution in [2.75, 3.05) is 5.32 Å². The van der Waals surface area contributed by atoms with Gasteiger partial charge in [0.15, 0.2) is 17.2 Å². The molecule has 1 rings (SSSR count). The quantitative estimate of drug-likeness (QED) is 0.329. The van der Waals surface area contributed by atoms with Crippen LogP contribution in [0, 0.1) is 11.6 Å². The molecule has 8 heteroatoms. The molecule has 0 spiro atoms. The van der Waals surface area contributed by atoms with E-state index in [1.165, 1.54) is 0 Å². The Morgan fingerprint density at radius 2 is 1.70 bits per heavy atom. The van der Waals surface area contributed by atoms with E-state index in [1.54, 1.807) is 0 Å². The van der Waals surface area contributed by atoms with Gasteiger partial charge >= 0.3 is 11.9 Å². The molecule has 0 fully saturated rings. The third kappa shape index (κ3) is 3.16. The van der Waals surface area contributed by atoms with Gasteiger partial charge < -0.3 is 15.5 Å². The highest BCUT2D eigenvalue weighted by molar-refractivity contribution is 6.12. The SMILES string of the molecule is CC(=O)c1c(F)ccc(NC=C(C(=O)O)C(=O)O)c1F. The smallest absolute Gasteiger partial charge is 0.344 e. The summed E-state index contributed by atoms with van der Waals surface area (Å²) in [5.41, 5.74) is -2.26. The number of aliphatic carboxylic acids is 2. The van der Waals surface area contributed by atoms with E-state index in [1.807, 2.05) is 0 Å². The predicted octanol–water partition coefficient (Wildman–Crippen LogP) is 1.63. The van der Waals surface area contributed by atoms with Gasteiger partial charge in [0.25, 0.3) is 0 Å². The Labute approximate surface area is 111 Å². The van der Waals surface area contributed by atoms with E-state index in [-0.39, 0.29) is 0 Å². The molecule has 6 nitrogen and oxygen atoms in total. The molecule has 0 aliphatic heterocycles. The molecule has 0 radical (unpaired) electrons. The summed E-state index contributed by atoms with van der Waals surface area (Å²) < 4.78 is 27.0. The van der Waals surface area contributed by atoms with Gasteiger partial charge in [-0.2, -0.15) is 0 Å². The normalized spacial score (nSPS) is 9.75. The minimum atomic E-state index is -1.74. The molecular formula is C12H9F2NO5. The van der Waals surface area contributed by atoms with Crippen molar-refractivity contribution in [3.63, 3.8) is 0 Å². The first-order chi connectivity index (χ1) is 9.25. The van der Waals surface area contributed by atoms with Gasteiger partial charge in [-0.1, -0.05) is 0 Å². The van der Waals surface area contributed by atoms with Gasteiger partial charge in [0, 0.05) is 6.20 Å². The number of hydrogen-bond acceptors (Lipinski definition) is 4. The second-order valence-corrected chi connectivity index (χ2v) is 3.65. The average Bonchev–Trinajstić information content (AvgIpc) is 2.30. The highest BCUT2D eigenvalue weighted by Crippen LogP contribution is 2.22. The lowest BCUT2D eigenvalue weighted by Gasteiger charge is -2.07. The van der Waals surface area contributed by atoms with Crippen molar-refractivity contribution < 1.29 is 33.4 Å². The fraction of sp³-hybridized carbons (Fsp3) is 0.0833. The molecule has 0 atom stereocenters. The largest absolute Gasteiger partial charge is 0.477 e. The van der Waals surface area contributed by atoms with E-state index in [0.29, 0.717) is 6.20 Å². The van der Waals surface area contributed by atoms with Crippen LogP contribution in [0.15, 0.2) is 23.9 Å². The van der Waals surface area contributed by atoms with Gasteiger partial charge in [0.05, 0.1) is 11.3 Å². The van der Waals surface area contributed by atoms with Crippen LogP contribution in [0.4, 0.5) is 14.5 Å².